The Labute approximate surface area is 313 Å². The van der Waals surface area contributed by atoms with Gasteiger partial charge in [-0.15, -0.1) is 6.58 Å². The summed E-state index contributed by atoms with van der Waals surface area (Å²) in [5.41, 5.74) is 2.93. The van der Waals surface area contributed by atoms with Crippen LogP contribution in [0.25, 0.3) is 22.2 Å². The van der Waals surface area contributed by atoms with Gasteiger partial charge in [-0.05, 0) is 48.4 Å². The molecule has 6 atom stereocenters. The van der Waals surface area contributed by atoms with Crippen molar-refractivity contribution in [2.24, 2.45) is 11.8 Å². The first-order chi connectivity index (χ1) is 26.0. The number of carboxylic acids is 1. The van der Waals surface area contributed by atoms with Crippen molar-refractivity contribution >= 4 is 34.7 Å². The molecule has 4 aromatic rings. The lowest BCUT2D eigenvalue weighted by atomic mass is 10.0. The lowest BCUT2D eigenvalue weighted by Crippen LogP contribution is -2.58. The molecule has 2 heterocycles. The van der Waals surface area contributed by atoms with Crippen LogP contribution in [0, 0.1) is 11.8 Å². The Hall–Kier alpha value is -5.91. The number of ether oxygens (including phenoxy) is 2. The van der Waals surface area contributed by atoms with Gasteiger partial charge in [-0.25, -0.2) is 14.6 Å². The number of methoxy groups -OCH3 is 1. The maximum atomic E-state index is 14.2. The van der Waals surface area contributed by atoms with E-state index in [2.05, 4.69) is 28.6 Å². The summed E-state index contributed by atoms with van der Waals surface area (Å²) in [4.78, 5) is 60.5. The van der Waals surface area contributed by atoms with Gasteiger partial charge in [0.1, 0.15) is 35.2 Å². The number of likely N-dealkylation sites (tertiary alicyclic amines) is 1. The van der Waals surface area contributed by atoms with Gasteiger partial charge in [0.25, 0.3) is 0 Å². The lowest BCUT2D eigenvalue weighted by Gasteiger charge is -2.29. The fraction of sp³-hybridized carbons (Fsp3) is 0.357. The summed E-state index contributed by atoms with van der Waals surface area (Å²) in [6.45, 7) is 7.42. The zero-order valence-corrected chi connectivity index (χ0v) is 30.6. The molecule has 12 heteroatoms. The lowest BCUT2D eigenvalue weighted by molar-refractivity contribution is -0.144. The van der Waals surface area contributed by atoms with E-state index in [0.717, 1.165) is 24.0 Å². The minimum atomic E-state index is -1.50. The number of nitrogens with one attached hydrogen (secondary N) is 3. The van der Waals surface area contributed by atoms with Crippen LogP contribution in [0.4, 0.5) is 4.79 Å². The molecule has 0 bridgehead atoms. The van der Waals surface area contributed by atoms with Crippen molar-refractivity contribution in [2.45, 2.75) is 69.3 Å². The molecule has 4 amide bonds. The number of hydrogen-bond donors (Lipinski definition) is 4. The van der Waals surface area contributed by atoms with Crippen molar-refractivity contribution < 1.29 is 33.8 Å². The fourth-order valence-corrected chi connectivity index (χ4v) is 7.73. The van der Waals surface area contributed by atoms with Crippen molar-refractivity contribution in [3.63, 3.8) is 0 Å². The molecule has 1 aromatic heterocycles. The van der Waals surface area contributed by atoms with Crippen LogP contribution in [-0.4, -0.2) is 76.2 Å². The average Bonchev–Trinajstić information content (AvgIpc) is 3.50. The number of pyridine rings is 1. The Kier molecular flexibility index (Phi) is 10.0. The second kappa shape index (κ2) is 14.8. The molecule has 1 saturated carbocycles. The summed E-state index contributed by atoms with van der Waals surface area (Å²) in [5, 5.41) is 19.5. The zero-order valence-electron chi connectivity index (χ0n) is 30.6. The van der Waals surface area contributed by atoms with Gasteiger partial charge in [0.15, 0.2) is 0 Å². The quantitative estimate of drug-likeness (QED) is 0.141. The predicted octanol–water partition coefficient (Wildman–Crippen LogP) is 5.42. The summed E-state index contributed by atoms with van der Waals surface area (Å²) in [6.07, 6.45) is 2.73. The number of carbonyl (C=O) groups excluding carboxylic acids is 3. The van der Waals surface area contributed by atoms with E-state index in [0.29, 0.717) is 28.1 Å². The molecule has 7 rings (SSSR count). The first-order valence-electron chi connectivity index (χ1n) is 18.4. The van der Waals surface area contributed by atoms with Crippen LogP contribution in [-0.2, 0) is 20.8 Å². The second-order valence-electron chi connectivity index (χ2n) is 14.7. The van der Waals surface area contributed by atoms with Crippen LogP contribution >= 0.6 is 0 Å². The molecule has 0 unspecified atom stereocenters. The molecular formula is C42H45N5O7. The maximum Gasteiger partial charge on any atom is 0.330 e. The van der Waals surface area contributed by atoms with E-state index >= 15 is 0 Å². The number of amides is 4. The summed E-state index contributed by atoms with van der Waals surface area (Å²) >= 11 is 0. The number of aryl methyl sites for hydroxylation is 1. The molecule has 54 heavy (non-hydrogen) atoms. The first-order valence-corrected chi connectivity index (χ1v) is 18.4. The van der Waals surface area contributed by atoms with Crippen molar-refractivity contribution in [3.8, 4) is 22.8 Å². The number of aromatic nitrogens is 1. The number of nitrogens with zero attached hydrogens (tertiary/aromatic N) is 2. The number of carbonyl (C=O) groups is 4. The first kappa shape index (κ1) is 36.4. The summed E-state index contributed by atoms with van der Waals surface area (Å²) < 4.78 is 12.1. The number of aliphatic carboxylic acids is 1. The van der Waals surface area contributed by atoms with E-state index in [4.69, 9.17) is 14.5 Å². The van der Waals surface area contributed by atoms with E-state index in [1.165, 1.54) is 16.5 Å². The molecule has 12 nitrogen and oxygen atoms in total. The maximum absolute atomic E-state index is 14.2. The van der Waals surface area contributed by atoms with Crippen LogP contribution < -0.4 is 25.4 Å². The Morgan fingerprint density at radius 1 is 1.04 bits per heavy atom. The largest absolute Gasteiger partial charge is 0.497 e. The van der Waals surface area contributed by atoms with Crippen LogP contribution in [0.15, 0.2) is 91.5 Å². The highest BCUT2D eigenvalue weighted by Crippen LogP contribution is 2.45. The third kappa shape index (κ3) is 7.07. The highest BCUT2D eigenvalue weighted by molar-refractivity contribution is 5.95. The average molecular weight is 732 g/mol. The Morgan fingerprint density at radius 3 is 2.50 bits per heavy atom. The van der Waals surface area contributed by atoms with Gasteiger partial charge in [-0.1, -0.05) is 74.5 Å². The topological polar surface area (TPSA) is 159 Å². The molecule has 4 N–H and O–H groups in total. The van der Waals surface area contributed by atoms with Crippen molar-refractivity contribution in [1.82, 2.24) is 25.8 Å². The normalized spacial score (nSPS) is 23.3. The molecule has 2 fully saturated rings. The van der Waals surface area contributed by atoms with Gasteiger partial charge in [0.05, 0.1) is 30.9 Å². The number of carboxylic acid groups (broad SMARTS) is 1. The van der Waals surface area contributed by atoms with Gasteiger partial charge in [-0.2, -0.15) is 0 Å². The number of fused-ring (bicyclic) bond motifs is 2. The minimum absolute atomic E-state index is 0.00203. The van der Waals surface area contributed by atoms with Gasteiger partial charge in [0, 0.05) is 35.4 Å². The van der Waals surface area contributed by atoms with E-state index in [-0.39, 0.29) is 37.3 Å². The molecule has 3 aromatic carbocycles. The molecule has 0 spiro atoms. The zero-order chi connectivity index (χ0) is 38.1. The molecular weight excluding hydrogens is 686 g/mol. The van der Waals surface area contributed by atoms with Crippen LogP contribution in [0.2, 0.25) is 0 Å². The molecule has 1 aliphatic heterocycles. The smallest absolute Gasteiger partial charge is 0.330 e. The van der Waals surface area contributed by atoms with Crippen molar-refractivity contribution in [3.05, 3.63) is 103 Å². The molecule has 1 saturated heterocycles. The number of rotatable bonds is 12. The van der Waals surface area contributed by atoms with Gasteiger partial charge in [-0.3, -0.25) is 9.59 Å². The Morgan fingerprint density at radius 2 is 1.80 bits per heavy atom. The van der Waals surface area contributed by atoms with E-state index in [9.17, 15) is 24.3 Å². The van der Waals surface area contributed by atoms with Crippen LogP contribution in [0.1, 0.15) is 50.3 Å². The van der Waals surface area contributed by atoms with Gasteiger partial charge < -0.3 is 35.4 Å². The Bertz CT molecular complexity index is 2110. The molecule has 0 radical (unpaired) electrons. The Balaban J connectivity index is 1.16. The molecule has 3 aliphatic rings. The second-order valence-corrected chi connectivity index (χ2v) is 14.7. The highest BCUT2D eigenvalue weighted by atomic mass is 16.5. The standard InChI is InChI=1S/C42H45N5O7/c1-5-27-22-42(27,40(50)51)46-38(48)35-20-29(54-36-21-33(26-12-7-6-8-13-26)43-34-19-28(53-4)16-17-31(34)36)23-47(35)41(52)45-37(24(2)3)39(49)44-32-18-15-25-11-9-10-14-30(25)32/h5-14,16-17,19,21,24,27,29,32,35,37H,1,15,18,20,22-23H2,2-4H3,(H,44,49)(H,45,52)(H,46,48)(H,50,51)/t27-,29-,32-,35+,37+,42-/m1/s1. The van der Waals surface area contributed by atoms with E-state index < -0.39 is 47.6 Å². The minimum Gasteiger partial charge on any atom is -0.497 e. The van der Waals surface area contributed by atoms with Crippen LogP contribution in [0.3, 0.4) is 0 Å². The van der Waals surface area contributed by atoms with Gasteiger partial charge in [0.2, 0.25) is 11.8 Å². The predicted molar refractivity (Wildman–Crippen MR) is 203 cm³/mol. The summed E-state index contributed by atoms with van der Waals surface area (Å²) in [5.74, 6) is -1.71. The van der Waals surface area contributed by atoms with E-state index in [1.807, 2.05) is 86.6 Å². The van der Waals surface area contributed by atoms with Crippen molar-refractivity contribution in [1.29, 1.82) is 0 Å². The number of urea groups is 1. The fourth-order valence-electron chi connectivity index (χ4n) is 7.73. The SMILES string of the molecule is C=C[C@@H]1C[C@]1(NC(=O)[C@@H]1C[C@@H](Oc2cc(-c3ccccc3)nc3cc(OC)ccc23)CN1C(=O)N[C@H](C(=O)N[C@@H]1CCc2ccccc21)C(C)C)C(=O)O. The molecule has 2 aliphatic carbocycles. The number of hydrogen-bond acceptors (Lipinski definition) is 7. The van der Waals surface area contributed by atoms with Crippen molar-refractivity contribution in [2.75, 3.05) is 13.7 Å². The number of benzene rings is 3. The third-order valence-corrected chi connectivity index (χ3v) is 10.9. The van der Waals surface area contributed by atoms with Crippen LogP contribution in [0.5, 0.6) is 11.5 Å². The highest BCUT2D eigenvalue weighted by Gasteiger charge is 2.61. The third-order valence-electron chi connectivity index (χ3n) is 10.9. The van der Waals surface area contributed by atoms with E-state index in [1.54, 1.807) is 7.11 Å². The van der Waals surface area contributed by atoms with Gasteiger partial charge >= 0.3 is 12.0 Å². The summed E-state index contributed by atoms with van der Waals surface area (Å²) in [6, 6.07) is 22.2. The summed E-state index contributed by atoms with van der Waals surface area (Å²) in [7, 11) is 1.58. The monoisotopic (exact) mass is 731 g/mol. The molecule has 280 valence electrons.